The molecule has 0 aromatic carbocycles. The Bertz CT molecular complexity index is 859. The van der Waals surface area contributed by atoms with Gasteiger partial charge in [0.2, 0.25) is 0 Å². The maximum Gasteiger partial charge on any atom is 0.410 e. The van der Waals surface area contributed by atoms with Gasteiger partial charge in [0.05, 0.1) is 18.5 Å². The normalized spacial score (nSPS) is 13.8. The zero-order chi connectivity index (χ0) is 17.3. The summed E-state index contributed by atoms with van der Waals surface area (Å²) in [6, 6.07) is 0. The second-order valence-corrected chi connectivity index (χ2v) is 7.29. The molecule has 0 unspecified atom stereocenters. The van der Waals surface area contributed by atoms with Crippen molar-refractivity contribution >= 4 is 39.4 Å². The van der Waals surface area contributed by atoms with E-state index in [0.29, 0.717) is 47.2 Å². The predicted molar refractivity (Wildman–Crippen MR) is 96.1 cm³/mol. The van der Waals surface area contributed by atoms with Crippen LogP contribution in [0.2, 0.25) is 0 Å². The number of rotatable bonds is 4. The molecule has 2 aromatic rings. The Morgan fingerprint density at radius 3 is 3.08 bits per heavy atom. The number of thioether (sulfide) groups is 1. The topological polar surface area (TPSA) is 90.5 Å². The van der Waals surface area contributed by atoms with Gasteiger partial charge in [0.25, 0.3) is 5.56 Å². The quantitative estimate of drug-likeness (QED) is 0.385. The van der Waals surface area contributed by atoms with E-state index in [1.807, 2.05) is 0 Å². The number of fused-ring (bicyclic) bond motifs is 3. The van der Waals surface area contributed by atoms with Crippen molar-refractivity contribution < 1.29 is 9.53 Å². The first-order chi connectivity index (χ1) is 11.6. The Morgan fingerprint density at radius 2 is 2.38 bits per heavy atom. The summed E-state index contributed by atoms with van der Waals surface area (Å²) in [6.07, 6.45) is 2.01. The van der Waals surface area contributed by atoms with Gasteiger partial charge in [-0.05, 0) is 18.9 Å². The molecule has 0 bridgehead atoms. The molecule has 0 saturated heterocycles. The number of hydrogen-bond acceptors (Lipinski definition) is 7. The van der Waals surface area contributed by atoms with Crippen molar-refractivity contribution in [1.82, 2.24) is 14.6 Å². The standard InChI is InChI=1S/C15H18N4O3S2/c1-3-7-23-14-17-12-11(13(20)19(14)16)9-5-6-18(8-10(9)24-12)15(21)22-4-2/h3H,1,4-8,16H2,2H3. The van der Waals surface area contributed by atoms with Crippen molar-refractivity contribution in [2.24, 2.45) is 0 Å². The van der Waals surface area contributed by atoms with Crippen LogP contribution in [0.5, 0.6) is 0 Å². The average Bonchev–Trinajstić information content (AvgIpc) is 2.94. The fraction of sp³-hybridized carbons (Fsp3) is 0.400. The maximum absolute atomic E-state index is 12.6. The van der Waals surface area contributed by atoms with E-state index in [0.717, 1.165) is 15.1 Å². The molecule has 0 spiro atoms. The lowest BCUT2D eigenvalue weighted by Crippen LogP contribution is -2.36. The molecule has 2 aromatic heterocycles. The SMILES string of the molecule is C=CCSc1nc2sc3c(c2c(=O)n1N)CCN(C(=O)OCC)C3. The van der Waals surface area contributed by atoms with Crippen molar-refractivity contribution in [3.63, 3.8) is 0 Å². The van der Waals surface area contributed by atoms with E-state index in [2.05, 4.69) is 11.6 Å². The van der Waals surface area contributed by atoms with Gasteiger partial charge in [0.1, 0.15) is 4.83 Å². The van der Waals surface area contributed by atoms with E-state index >= 15 is 0 Å². The van der Waals surface area contributed by atoms with Crippen LogP contribution in [0.1, 0.15) is 17.4 Å². The van der Waals surface area contributed by atoms with Crippen molar-refractivity contribution in [2.45, 2.75) is 25.0 Å². The van der Waals surface area contributed by atoms with Crippen LogP contribution in [0, 0.1) is 0 Å². The molecule has 3 rings (SSSR count). The van der Waals surface area contributed by atoms with Gasteiger partial charge in [-0.25, -0.2) is 14.5 Å². The molecular weight excluding hydrogens is 348 g/mol. The van der Waals surface area contributed by atoms with Crippen LogP contribution in [0.15, 0.2) is 22.6 Å². The Balaban J connectivity index is 2.01. The Labute approximate surface area is 147 Å². The third-order valence-electron chi connectivity index (χ3n) is 3.73. The lowest BCUT2D eigenvalue weighted by molar-refractivity contribution is 0.103. The van der Waals surface area contributed by atoms with Gasteiger partial charge in [-0.2, -0.15) is 0 Å². The third-order valence-corrected chi connectivity index (χ3v) is 5.79. The largest absolute Gasteiger partial charge is 0.450 e. The molecule has 2 N–H and O–H groups in total. The van der Waals surface area contributed by atoms with Crippen LogP contribution in [0.25, 0.3) is 10.2 Å². The van der Waals surface area contributed by atoms with Gasteiger partial charge in [0, 0.05) is 17.2 Å². The molecule has 0 atom stereocenters. The van der Waals surface area contributed by atoms with Gasteiger partial charge in [0.15, 0.2) is 5.16 Å². The van der Waals surface area contributed by atoms with Crippen LogP contribution in [0.3, 0.4) is 0 Å². The van der Waals surface area contributed by atoms with E-state index in [9.17, 15) is 9.59 Å². The fourth-order valence-electron chi connectivity index (χ4n) is 2.64. The minimum Gasteiger partial charge on any atom is -0.450 e. The summed E-state index contributed by atoms with van der Waals surface area (Å²) in [5.74, 6) is 6.53. The molecular formula is C15H18N4O3S2. The fourth-order valence-corrected chi connectivity index (χ4v) is 4.57. The molecule has 1 aliphatic heterocycles. The Hall–Kier alpha value is -2.00. The first-order valence-corrected chi connectivity index (χ1v) is 9.34. The average molecular weight is 366 g/mol. The number of nitrogens with two attached hydrogens (primary N) is 1. The lowest BCUT2D eigenvalue weighted by Gasteiger charge is -2.25. The van der Waals surface area contributed by atoms with E-state index in [1.54, 1.807) is 17.9 Å². The number of nitrogen functional groups attached to an aromatic ring is 1. The van der Waals surface area contributed by atoms with Gasteiger partial charge < -0.3 is 15.5 Å². The van der Waals surface area contributed by atoms with E-state index in [-0.39, 0.29) is 11.7 Å². The van der Waals surface area contributed by atoms with Crippen molar-refractivity contribution in [2.75, 3.05) is 24.7 Å². The van der Waals surface area contributed by atoms with Crippen LogP contribution >= 0.6 is 23.1 Å². The number of carbonyl (C=O) groups excluding carboxylic acids is 1. The van der Waals surface area contributed by atoms with E-state index in [1.165, 1.54) is 23.1 Å². The smallest absolute Gasteiger partial charge is 0.410 e. The summed E-state index contributed by atoms with van der Waals surface area (Å²) in [6.45, 7) is 6.75. The van der Waals surface area contributed by atoms with Gasteiger partial charge >= 0.3 is 6.09 Å². The second-order valence-electron chi connectivity index (χ2n) is 5.22. The highest BCUT2D eigenvalue weighted by Gasteiger charge is 2.27. The molecule has 1 aliphatic rings. The summed E-state index contributed by atoms with van der Waals surface area (Å²) in [5.41, 5.74) is 0.709. The van der Waals surface area contributed by atoms with Crippen molar-refractivity contribution in [3.05, 3.63) is 33.4 Å². The summed E-state index contributed by atoms with van der Waals surface area (Å²) < 4.78 is 6.15. The predicted octanol–water partition coefficient (Wildman–Crippen LogP) is 1.96. The molecule has 3 heterocycles. The zero-order valence-corrected chi connectivity index (χ0v) is 14.9. The molecule has 1 amide bonds. The third kappa shape index (κ3) is 2.89. The Morgan fingerprint density at radius 1 is 1.58 bits per heavy atom. The number of nitrogens with zero attached hydrogens (tertiary/aromatic N) is 3. The number of hydrogen-bond donors (Lipinski definition) is 1. The number of amides is 1. The van der Waals surface area contributed by atoms with E-state index in [4.69, 9.17) is 10.6 Å². The molecule has 24 heavy (non-hydrogen) atoms. The summed E-state index contributed by atoms with van der Waals surface area (Å²) in [7, 11) is 0. The van der Waals surface area contributed by atoms with Gasteiger partial charge in [-0.15, -0.1) is 17.9 Å². The molecule has 0 aliphatic carbocycles. The summed E-state index contributed by atoms with van der Waals surface area (Å²) >= 11 is 2.81. The Kier molecular flexibility index (Phi) is 4.81. The highest BCUT2D eigenvalue weighted by molar-refractivity contribution is 7.99. The van der Waals surface area contributed by atoms with Crippen molar-refractivity contribution in [1.29, 1.82) is 0 Å². The highest BCUT2D eigenvalue weighted by atomic mass is 32.2. The number of ether oxygens (including phenoxy) is 1. The first kappa shape index (κ1) is 16.8. The first-order valence-electron chi connectivity index (χ1n) is 7.54. The number of carbonyl (C=O) groups is 1. The summed E-state index contributed by atoms with van der Waals surface area (Å²) in [5, 5.41) is 1.04. The van der Waals surface area contributed by atoms with Crippen LogP contribution < -0.4 is 11.4 Å². The number of aromatic nitrogens is 2. The van der Waals surface area contributed by atoms with E-state index < -0.39 is 0 Å². The van der Waals surface area contributed by atoms with Crippen molar-refractivity contribution in [3.8, 4) is 0 Å². The highest BCUT2D eigenvalue weighted by Crippen LogP contribution is 2.33. The van der Waals surface area contributed by atoms with Crippen LogP contribution in [-0.4, -0.2) is 39.6 Å². The minimum atomic E-state index is -0.327. The van der Waals surface area contributed by atoms with Gasteiger partial charge in [-0.1, -0.05) is 17.8 Å². The summed E-state index contributed by atoms with van der Waals surface area (Å²) in [4.78, 5) is 32.3. The second kappa shape index (κ2) is 6.86. The zero-order valence-electron chi connectivity index (χ0n) is 13.3. The lowest BCUT2D eigenvalue weighted by atomic mass is 10.1. The molecule has 0 fully saturated rings. The van der Waals surface area contributed by atoms with Gasteiger partial charge in [-0.3, -0.25) is 4.79 Å². The molecule has 128 valence electrons. The molecule has 0 saturated carbocycles. The number of thiophene rings is 1. The monoisotopic (exact) mass is 366 g/mol. The molecule has 7 nitrogen and oxygen atoms in total. The molecule has 0 radical (unpaired) electrons. The van der Waals surface area contributed by atoms with Crippen LogP contribution in [-0.2, 0) is 17.7 Å². The maximum atomic E-state index is 12.6. The molecule has 9 heteroatoms. The minimum absolute atomic E-state index is 0.242. The van der Waals surface area contributed by atoms with Crippen LogP contribution in [0.4, 0.5) is 4.79 Å².